The predicted octanol–water partition coefficient (Wildman–Crippen LogP) is 3.53. The smallest absolute Gasteiger partial charge is 0.135 e. The molecule has 1 unspecified atom stereocenters. The first-order valence-corrected chi connectivity index (χ1v) is 8.01. The van der Waals surface area contributed by atoms with Crippen LogP contribution in [0.15, 0.2) is 48.8 Å². The molecule has 0 saturated carbocycles. The average Bonchev–Trinajstić information content (AvgIpc) is 3.05. The van der Waals surface area contributed by atoms with Crippen LogP contribution in [-0.4, -0.2) is 25.0 Å². The van der Waals surface area contributed by atoms with Crippen molar-refractivity contribution in [3.05, 3.63) is 60.3 Å². The molecule has 6 heteroatoms. The molecule has 6 nitrogen and oxygen atoms in total. The van der Waals surface area contributed by atoms with Crippen molar-refractivity contribution in [2.75, 3.05) is 5.32 Å². The Hall–Kier alpha value is -2.76. The van der Waals surface area contributed by atoms with Gasteiger partial charge in [0.05, 0.1) is 17.9 Å². The number of aromatic nitrogens is 5. The molecule has 0 spiro atoms. The topological polar surface area (TPSA) is 68.5 Å². The lowest BCUT2D eigenvalue weighted by Crippen LogP contribution is -2.17. The van der Waals surface area contributed by atoms with Crippen LogP contribution in [0.25, 0.3) is 5.69 Å². The van der Waals surface area contributed by atoms with E-state index in [1.165, 1.54) is 0 Å². The Morgan fingerprint density at radius 3 is 2.54 bits per heavy atom. The van der Waals surface area contributed by atoms with Gasteiger partial charge >= 0.3 is 0 Å². The van der Waals surface area contributed by atoms with Crippen LogP contribution in [0.5, 0.6) is 0 Å². The zero-order chi connectivity index (χ0) is 17.2. The SMILES string of the molecule is CC(Nc1ccnc(C(C)(C)C)n1)c1cn(-c2ccccc2)nn1. The maximum absolute atomic E-state index is 4.60. The Balaban J connectivity index is 1.76. The van der Waals surface area contributed by atoms with Crippen LogP contribution >= 0.6 is 0 Å². The zero-order valence-corrected chi connectivity index (χ0v) is 14.4. The van der Waals surface area contributed by atoms with Crippen LogP contribution in [0.3, 0.4) is 0 Å². The number of nitrogens with one attached hydrogen (secondary N) is 1. The summed E-state index contributed by atoms with van der Waals surface area (Å²) in [5.41, 5.74) is 1.76. The Morgan fingerprint density at radius 2 is 1.83 bits per heavy atom. The largest absolute Gasteiger partial charge is 0.362 e. The first-order chi connectivity index (χ1) is 11.4. The molecular weight excluding hydrogens is 300 g/mol. The summed E-state index contributed by atoms with van der Waals surface area (Å²) in [7, 11) is 0. The van der Waals surface area contributed by atoms with E-state index >= 15 is 0 Å². The van der Waals surface area contributed by atoms with Gasteiger partial charge in [0.25, 0.3) is 0 Å². The number of rotatable bonds is 4. The monoisotopic (exact) mass is 322 g/mol. The third kappa shape index (κ3) is 3.59. The fourth-order valence-corrected chi connectivity index (χ4v) is 2.28. The van der Waals surface area contributed by atoms with Crippen LogP contribution in [0.1, 0.15) is 45.3 Å². The molecule has 0 radical (unpaired) electrons. The van der Waals surface area contributed by atoms with E-state index in [9.17, 15) is 0 Å². The standard InChI is InChI=1S/C18H22N6/c1-13(20-16-10-11-19-17(21-16)18(2,3)4)15-12-24(23-22-15)14-8-6-5-7-9-14/h5-13H,1-4H3,(H,19,20,21). The Kier molecular flexibility index (Phi) is 4.29. The molecule has 24 heavy (non-hydrogen) atoms. The summed E-state index contributed by atoms with van der Waals surface area (Å²) in [5, 5.41) is 11.8. The minimum Gasteiger partial charge on any atom is -0.362 e. The summed E-state index contributed by atoms with van der Waals surface area (Å²) in [6.07, 6.45) is 3.71. The van der Waals surface area contributed by atoms with E-state index in [4.69, 9.17) is 0 Å². The average molecular weight is 322 g/mol. The van der Waals surface area contributed by atoms with Crippen molar-refractivity contribution >= 4 is 5.82 Å². The van der Waals surface area contributed by atoms with Crippen LogP contribution in [-0.2, 0) is 5.41 Å². The zero-order valence-electron chi connectivity index (χ0n) is 14.4. The van der Waals surface area contributed by atoms with Gasteiger partial charge in [-0.2, -0.15) is 0 Å². The highest BCUT2D eigenvalue weighted by Crippen LogP contribution is 2.21. The number of para-hydroxylation sites is 1. The molecule has 1 atom stereocenters. The summed E-state index contributed by atoms with van der Waals surface area (Å²) < 4.78 is 1.77. The van der Waals surface area contributed by atoms with Gasteiger partial charge < -0.3 is 5.32 Å². The minimum atomic E-state index is -0.0859. The van der Waals surface area contributed by atoms with Gasteiger partial charge in [-0.15, -0.1) is 5.10 Å². The normalized spacial score (nSPS) is 12.8. The second-order valence-corrected chi connectivity index (χ2v) is 6.81. The first kappa shape index (κ1) is 16.1. The van der Waals surface area contributed by atoms with Crippen molar-refractivity contribution in [1.82, 2.24) is 25.0 Å². The van der Waals surface area contributed by atoms with Crippen molar-refractivity contribution in [2.24, 2.45) is 0 Å². The summed E-state index contributed by atoms with van der Waals surface area (Å²) in [6, 6.07) is 11.8. The highest BCUT2D eigenvalue weighted by Gasteiger charge is 2.18. The summed E-state index contributed by atoms with van der Waals surface area (Å²) >= 11 is 0. The fourth-order valence-electron chi connectivity index (χ4n) is 2.28. The second kappa shape index (κ2) is 6.39. The highest BCUT2D eigenvalue weighted by molar-refractivity contribution is 5.37. The molecule has 2 aromatic heterocycles. The molecule has 0 fully saturated rings. The Bertz CT molecular complexity index is 804. The highest BCUT2D eigenvalue weighted by atomic mass is 15.4. The molecule has 1 aromatic carbocycles. The van der Waals surface area contributed by atoms with Crippen LogP contribution in [0, 0.1) is 0 Å². The van der Waals surface area contributed by atoms with E-state index in [2.05, 4.69) is 46.4 Å². The third-order valence-electron chi connectivity index (χ3n) is 3.67. The molecule has 3 aromatic rings. The van der Waals surface area contributed by atoms with Gasteiger partial charge in [-0.3, -0.25) is 0 Å². The van der Waals surface area contributed by atoms with Crippen LogP contribution < -0.4 is 5.32 Å². The molecule has 2 heterocycles. The van der Waals surface area contributed by atoms with Crippen molar-refractivity contribution < 1.29 is 0 Å². The molecule has 0 saturated heterocycles. The molecule has 0 bridgehead atoms. The van der Waals surface area contributed by atoms with E-state index in [0.717, 1.165) is 23.0 Å². The van der Waals surface area contributed by atoms with Gasteiger partial charge in [0, 0.05) is 11.6 Å². The van der Waals surface area contributed by atoms with Gasteiger partial charge in [-0.25, -0.2) is 14.6 Å². The quantitative estimate of drug-likeness (QED) is 0.796. The predicted molar refractivity (Wildman–Crippen MR) is 94.1 cm³/mol. The van der Waals surface area contributed by atoms with Crippen molar-refractivity contribution in [2.45, 2.75) is 39.2 Å². The lowest BCUT2D eigenvalue weighted by Gasteiger charge is -2.18. The van der Waals surface area contributed by atoms with E-state index in [0.29, 0.717) is 0 Å². The Morgan fingerprint density at radius 1 is 1.08 bits per heavy atom. The molecule has 0 amide bonds. The first-order valence-electron chi connectivity index (χ1n) is 8.01. The maximum Gasteiger partial charge on any atom is 0.135 e. The van der Waals surface area contributed by atoms with Gasteiger partial charge in [0.15, 0.2) is 0 Å². The van der Waals surface area contributed by atoms with E-state index in [1.807, 2.05) is 49.5 Å². The molecule has 124 valence electrons. The second-order valence-electron chi connectivity index (χ2n) is 6.81. The number of hydrogen-bond acceptors (Lipinski definition) is 5. The molecular formula is C18H22N6. The fraction of sp³-hybridized carbons (Fsp3) is 0.333. The third-order valence-corrected chi connectivity index (χ3v) is 3.67. The molecule has 0 aliphatic heterocycles. The van der Waals surface area contributed by atoms with E-state index in [-0.39, 0.29) is 11.5 Å². The summed E-state index contributed by atoms with van der Waals surface area (Å²) in [5.74, 6) is 1.60. The maximum atomic E-state index is 4.60. The van der Waals surface area contributed by atoms with Gasteiger partial charge in [-0.1, -0.05) is 44.2 Å². The van der Waals surface area contributed by atoms with E-state index < -0.39 is 0 Å². The van der Waals surface area contributed by atoms with E-state index in [1.54, 1.807) is 10.9 Å². The molecule has 0 aliphatic rings. The number of hydrogen-bond donors (Lipinski definition) is 1. The number of anilines is 1. The summed E-state index contributed by atoms with van der Waals surface area (Å²) in [4.78, 5) is 8.95. The molecule has 0 aliphatic carbocycles. The lowest BCUT2D eigenvalue weighted by molar-refractivity contribution is 0.545. The summed E-state index contributed by atoms with van der Waals surface area (Å²) in [6.45, 7) is 8.33. The van der Waals surface area contributed by atoms with Gasteiger partial charge in [-0.05, 0) is 25.1 Å². The minimum absolute atomic E-state index is 0.00909. The van der Waals surface area contributed by atoms with Gasteiger partial charge in [0.2, 0.25) is 0 Å². The van der Waals surface area contributed by atoms with Gasteiger partial charge in [0.1, 0.15) is 17.3 Å². The van der Waals surface area contributed by atoms with Crippen LogP contribution in [0.2, 0.25) is 0 Å². The number of nitrogens with zero attached hydrogens (tertiary/aromatic N) is 5. The van der Waals surface area contributed by atoms with Crippen molar-refractivity contribution in [3.63, 3.8) is 0 Å². The van der Waals surface area contributed by atoms with Crippen molar-refractivity contribution in [3.8, 4) is 5.69 Å². The van der Waals surface area contributed by atoms with Crippen molar-refractivity contribution in [1.29, 1.82) is 0 Å². The Labute approximate surface area is 142 Å². The van der Waals surface area contributed by atoms with Crippen LogP contribution in [0.4, 0.5) is 5.82 Å². The molecule has 1 N–H and O–H groups in total. The molecule has 3 rings (SSSR count). The number of benzene rings is 1. The lowest BCUT2D eigenvalue weighted by atomic mass is 9.96.